The Morgan fingerprint density at radius 1 is 1.29 bits per heavy atom. The van der Waals surface area contributed by atoms with Crippen LogP contribution in [0.25, 0.3) is 0 Å². The first kappa shape index (κ1) is 20.5. The fourth-order valence-electron chi connectivity index (χ4n) is 2.71. The lowest BCUT2D eigenvalue weighted by Crippen LogP contribution is -2.12. The number of aryl methyl sites for hydroxylation is 1. The molecule has 2 aromatic heterocycles. The number of aromatic nitrogens is 3. The van der Waals surface area contributed by atoms with Crippen molar-refractivity contribution in [3.63, 3.8) is 0 Å². The summed E-state index contributed by atoms with van der Waals surface area (Å²) in [4.78, 5) is 12.5. The standard InChI is InChI=1S/C17H17ClN4O4S2/c1-10-7-14(17(23)26-9-15-16(18)27-21-20-15)11(2)22(10)8-12-3-5-13(6-4-12)28(19,24)25/h3-7H,8-9H2,1-2H3,(H2,19,24,25). The van der Waals surface area contributed by atoms with E-state index in [0.717, 1.165) is 28.5 Å². The Bertz CT molecular complexity index is 1120. The van der Waals surface area contributed by atoms with Crippen molar-refractivity contribution >= 4 is 39.1 Å². The highest BCUT2D eigenvalue weighted by Crippen LogP contribution is 2.21. The molecule has 0 spiro atoms. The summed E-state index contributed by atoms with van der Waals surface area (Å²) >= 11 is 6.94. The van der Waals surface area contributed by atoms with Crippen LogP contribution in [-0.4, -0.2) is 28.5 Å². The first-order valence-corrected chi connectivity index (χ1v) is 10.8. The zero-order valence-electron chi connectivity index (χ0n) is 15.0. The maximum atomic E-state index is 12.4. The molecule has 3 aromatic rings. The Morgan fingerprint density at radius 2 is 1.96 bits per heavy atom. The Hall–Kier alpha value is -2.27. The van der Waals surface area contributed by atoms with E-state index >= 15 is 0 Å². The average Bonchev–Trinajstić information content (AvgIpc) is 3.17. The minimum Gasteiger partial charge on any atom is -0.455 e. The summed E-state index contributed by atoms with van der Waals surface area (Å²) < 4.78 is 34.0. The molecule has 8 nitrogen and oxygen atoms in total. The Morgan fingerprint density at radius 3 is 2.54 bits per heavy atom. The van der Waals surface area contributed by atoms with Crippen LogP contribution in [0, 0.1) is 13.8 Å². The number of primary sulfonamides is 1. The van der Waals surface area contributed by atoms with Crippen molar-refractivity contribution < 1.29 is 17.9 Å². The fraction of sp³-hybridized carbons (Fsp3) is 0.235. The molecule has 2 heterocycles. The lowest BCUT2D eigenvalue weighted by atomic mass is 10.2. The van der Waals surface area contributed by atoms with Crippen molar-refractivity contribution in [2.24, 2.45) is 5.14 Å². The lowest BCUT2D eigenvalue weighted by molar-refractivity contribution is 0.0467. The Labute approximate surface area is 171 Å². The van der Waals surface area contributed by atoms with Crippen molar-refractivity contribution in [2.45, 2.75) is 31.9 Å². The summed E-state index contributed by atoms with van der Waals surface area (Å²) in [5.74, 6) is -0.479. The van der Waals surface area contributed by atoms with Crippen LogP contribution in [0.15, 0.2) is 35.2 Å². The van der Waals surface area contributed by atoms with E-state index in [0.29, 0.717) is 22.1 Å². The molecule has 148 valence electrons. The van der Waals surface area contributed by atoms with Gasteiger partial charge >= 0.3 is 5.97 Å². The molecule has 0 aliphatic carbocycles. The summed E-state index contributed by atoms with van der Waals surface area (Å²) in [5.41, 5.74) is 3.34. The van der Waals surface area contributed by atoms with Gasteiger partial charge in [0.25, 0.3) is 0 Å². The molecule has 0 amide bonds. The van der Waals surface area contributed by atoms with Crippen LogP contribution < -0.4 is 5.14 Å². The van der Waals surface area contributed by atoms with Gasteiger partial charge in [0.1, 0.15) is 16.6 Å². The number of benzene rings is 1. The molecule has 0 aliphatic heterocycles. The zero-order chi connectivity index (χ0) is 20.5. The van der Waals surface area contributed by atoms with Crippen LogP contribution in [0.5, 0.6) is 0 Å². The molecule has 0 saturated heterocycles. The number of ether oxygens (including phenoxy) is 1. The van der Waals surface area contributed by atoms with Gasteiger partial charge in [-0.3, -0.25) is 0 Å². The van der Waals surface area contributed by atoms with Gasteiger partial charge in [-0.25, -0.2) is 18.4 Å². The number of hydrogen-bond donors (Lipinski definition) is 1. The molecule has 0 atom stereocenters. The van der Waals surface area contributed by atoms with Gasteiger partial charge in [0.15, 0.2) is 0 Å². The number of carbonyl (C=O) groups is 1. The number of halogens is 1. The highest BCUT2D eigenvalue weighted by Gasteiger charge is 2.18. The monoisotopic (exact) mass is 440 g/mol. The molecule has 11 heteroatoms. The van der Waals surface area contributed by atoms with Gasteiger partial charge in [-0.1, -0.05) is 28.2 Å². The number of carbonyl (C=O) groups excluding carboxylic acids is 1. The molecule has 0 aliphatic rings. The highest BCUT2D eigenvalue weighted by molar-refractivity contribution is 7.89. The number of hydrogen-bond acceptors (Lipinski definition) is 7. The number of rotatable bonds is 6. The third kappa shape index (κ3) is 4.41. The predicted octanol–water partition coefficient (Wildman–Crippen LogP) is 2.66. The predicted molar refractivity (Wildman–Crippen MR) is 105 cm³/mol. The van der Waals surface area contributed by atoms with E-state index in [1.807, 2.05) is 18.4 Å². The normalized spacial score (nSPS) is 11.6. The molecule has 28 heavy (non-hydrogen) atoms. The number of sulfonamides is 1. The van der Waals surface area contributed by atoms with E-state index in [1.165, 1.54) is 12.1 Å². The van der Waals surface area contributed by atoms with E-state index in [-0.39, 0.29) is 11.5 Å². The minimum atomic E-state index is -3.73. The van der Waals surface area contributed by atoms with Crippen LogP contribution >= 0.6 is 23.1 Å². The molecular weight excluding hydrogens is 424 g/mol. The number of esters is 1. The Kier molecular flexibility index (Phi) is 5.84. The maximum Gasteiger partial charge on any atom is 0.340 e. The third-order valence-electron chi connectivity index (χ3n) is 4.24. The van der Waals surface area contributed by atoms with Crippen LogP contribution in [0.4, 0.5) is 0 Å². The zero-order valence-corrected chi connectivity index (χ0v) is 17.4. The molecule has 0 radical (unpaired) electrons. The molecule has 1 aromatic carbocycles. The van der Waals surface area contributed by atoms with Gasteiger partial charge in [-0.05, 0) is 37.6 Å². The molecule has 2 N–H and O–H groups in total. The summed E-state index contributed by atoms with van der Waals surface area (Å²) in [7, 11) is -3.73. The van der Waals surface area contributed by atoms with Crippen molar-refractivity contribution in [1.29, 1.82) is 0 Å². The SMILES string of the molecule is Cc1cc(C(=O)OCc2nnsc2Cl)c(C)n1Cc1ccc(S(N)(=O)=O)cc1. The van der Waals surface area contributed by atoms with E-state index in [1.54, 1.807) is 18.2 Å². The largest absolute Gasteiger partial charge is 0.455 e. The molecule has 3 rings (SSSR count). The summed E-state index contributed by atoms with van der Waals surface area (Å²) in [6.07, 6.45) is 0. The second-order valence-corrected chi connectivity index (χ2v) is 9.05. The van der Waals surface area contributed by atoms with Gasteiger partial charge < -0.3 is 9.30 Å². The minimum absolute atomic E-state index is 0.0488. The van der Waals surface area contributed by atoms with Crippen molar-refractivity contribution in [1.82, 2.24) is 14.2 Å². The van der Waals surface area contributed by atoms with Gasteiger partial charge in [0, 0.05) is 29.5 Å². The van der Waals surface area contributed by atoms with Gasteiger partial charge in [-0.2, -0.15) is 0 Å². The van der Waals surface area contributed by atoms with E-state index in [9.17, 15) is 13.2 Å². The number of nitrogens with two attached hydrogens (primary N) is 1. The van der Waals surface area contributed by atoms with E-state index < -0.39 is 16.0 Å². The van der Waals surface area contributed by atoms with Gasteiger partial charge in [0.2, 0.25) is 10.0 Å². The van der Waals surface area contributed by atoms with Crippen LogP contribution in [0.1, 0.15) is 33.0 Å². The van der Waals surface area contributed by atoms with Crippen molar-refractivity contribution in [3.05, 3.63) is 62.9 Å². The van der Waals surface area contributed by atoms with E-state index in [4.69, 9.17) is 21.5 Å². The van der Waals surface area contributed by atoms with Crippen LogP contribution in [0.3, 0.4) is 0 Å². The van der Waals surface area contributed by atoms with Crippen LogP contribution in [0.2, 0.25) is 4.34 Å². The maximum absolute atomic E-state index is 12.4. The lowest BCUT2D eigenvalue weighted by Gasteiger charge is -2.10. The Balaban J connectivity index is 1.76. The molecule has 0 unspecified atom stereocenters. The average molecular weight is 441 g/mol. The molecule has 0 saturated carbocycles. The topological polar surface area (TPSA) is 117 Å². The first-order valence-electron chi connectivity index (χ1n) is 8.09. The first-order chi connectivity index (χ1) is 13.2. The summed E-state index contributed by atoms with van der Waals surface area (Å²) in [6, 6.07) is 8.04. The smallest absolute Gasteiger partial charge is 0.340 e. The summed E-state index contributed by atoms with van der Waals surface area (Å²) in [6.45, 7) is 4.12. The van der Waals surface area contributed by atoms with Crippen molar-refractivity contribution in [3.8, 4) is 0 Å². The quantitative estimate of drug-likeness (QED) is 0.589. The fourth-order valence-corrected chi connectivity index (χ4v) is 3.83. The van der Waals surface area contributed by atoms with E-state index in [2.05, 4.69) is 9.59 Å². The molecule has 0 fully saturated rings. The van der Waals surface area contributed by atoms with Crippen molar-refractivity contribution in [2.75, 3.05) is 0 Å². The summed E-state index contributed by atoms with van der Waals surface area (Å²) in [5, 5.41) is 8.93. The third-order valence-corrected chi connectivity index (χ3v) is 6.15. The second-order valence-electron chi connectivity index (χ2n) is 6.13. The van der Waals surface area contributed by atoms with Gasteiger partial charge in [-0.15, -0.1) is 5.10 Å². The van der Waals surface area contributed by atoms with Crippen LogP contribution in [-0.2, 0) is 27.9 Å². The number of nitrogens with zero attached hydrogens (tertiary/aromatic N) is 3. The molecular formula is C17H17ClN4O4S2. The van der Waals surface area contributed by atoms with Gasteiger partial charge in [0.05, 0.1) is 10.5 Å². The highest BCUT2D eigenvalue weighted by atomic mass is 35.5. The molecule has 0 bridgehead atoms. The second kappa shape index (κ2) is 8.00.